The Labute approximate surface area is 179 Å². The summed E-state index contributed by atoms with van der Waals surface area (Å²) in [4.78, 5) is 17.5. The van der Waals surface area contributed by atoms with Gasteiger partial charge in [-0.25, -0.2) is 0 Å². The number of rotatable bonds is 5. The molecule has 2 aliphatic rings. The summed E-state index contributed by atoms with van der Waals surface area (Å²) in [6.07, 6.45) is 1.06. The molecule has 2 heterocycles. The molecule has 1 amide bonds. The van der Waals surface area contributed by atoms with Crippen molar-refractivity contribution in [3.63, 3.8) is 0 Å². The summed E-state index contributed by atoms with van der Waals surface area (Å²) in [5.41, 5.74) is 3.07. The van der Waals surface area contributed by atoms with Crippen LogP contribution in [0.5, 0.6) is 5.75 Å². The quantitative estimate of drug-likeness (QED) is 0.814. The van der Waals surface area contributed by atoms with Gasteiger partial charge in [-0.2, -0.15) is 0 Å². The van der Waals surface area contributed by atoms with E-state index in [0.717, 1.165) is 57.0 Å². The first-order valence-corrected chi connectivity index (χ1v) is 10.2. The normalized spacial score (nSPS) is 19.6. The SMILES string of the molecule is Cc1cccc(COc2cccc(C(=O)N3CCC(N4CCNCC4)C3)c2)c1.Cl. The number of carbonyl (C=O) groups excluding carboxylic acids is 1. The predicted octanol–water partition coefficient (Wildman–Crippen LogP) is 3.12. The third-order valence-corrected chi connectivity index (χ3v) is 5.69. The fraction of sp³-hybridized carbons (Fsp3) is 0.435. The molecular formula is C23H30ClN3O2. The van der Waals surface area contributed by atoms with Crippen LogP contribution in [-0.2, 0) is 6.61 Å². The molecule has 0 bridgehead atoms. The third-order valence-electron chi connectivity index (χ3n) is 5.69. The van der Waals surface area contributed by atoms with Gasteiger partial charge in [0.1, 0.15) is 12.4 Å². The second-order valence-corrected chi connectivity index (χ2v) is 7.79. The Kier molecular flexibility index (Phi) is 7.53. The fourth-order valence-corrected chi connectivity index (χ4v) is 4.14. The summed E-state index contributed by atoms with van der Waals surface area (Å²) < 4.78 is 5.93. The largest absolute Gasteiger partial charge is 0.489 e. The maximum atomic E-state index is 13.0. The van der Waals surface area contributed by atoms with E-state index in [-0.39, 0.29) is 18.3 Å². The van der Waals surface area contributed by atoms with Crippen LogP contribution in [0, 0.1) is 6.92 Å². The van der Waals surface area contributed by atoms with E-state index in [1.165, 1.54) is 5.56 Å². The van der Waals surface area contributed by atoms with Crippen LogP contribution in [0.4, 0.5) is 0 Å². The molecule has 2 aromatic rings. The molecule has 2 aliphatic heterocycles. The van der Waals surface area contributed by atoms with E-state index < -0.39 is 0 Å². The molecule has 1 unspecified atom stereocenters. The van der Waals surface area contributed by atoms with Crippen molar-refractivity contribution >= 4 is 18.3 Å². The highest BCUT2D eigenvalue weighted by molar-refractivity contribution is 5.94. The Hall–Kier alpha value is -2.08. The Morgan fingerprint density at radius 3 is 2.69 bits per heavy atom. The lowest BCUT2D eigenvalue weighted by molar-refractivity contribution is 0.0773. The predicted molar refractivity (Wildman–Crippen MR) is 118 cm³/mol. The molecular weight excluding hydrogens is 386 g/mol. The van der Waals surface area contributed by atoms with Crippen LogP contribution in [0.2, 0.25) is 0 Å². The minimum Gasteiger partial charge on any atom is -0.489 e. The second-order valence-electron chi connectivity index (χ2n) is 7.79. The molecule has 1 atom stereocenters. The van der Waals surface area contributed by atoms with E-state index in [1.54, 1.807) is 0 Å². The molecule has 6 heteroatoms. The molecule has 0 radical (unpaired) electrons. The number of ether oxygens (including phenoxy) is 1. The third kappa shape index (κ3) is 5.50. The van der Waals surface area contributed by atoms with Crippen molar-refractivity contribution in [3.05, 3.63) is 65.2 Å². The lowest BCUT2D eigenvalue weighted by Crippen LogP contribution is -2.49. The van der Waals surface area contributed by atoms with E-state index in [4.69, 9.17) is 4.74 Å². The van der Waals surface area contributed by atoms with Crippen LogP contribution in [0.1, 0.15) is 27.9 Å². The van der Waals surface area contributed by atoms with E-state index in [9.17, 15) is 4.79 Å². The van der Waals surface area contributed by atoms with Gasteiger partial charge in [0.05, 0.1) is 0 Å². The molecule has 2 saturated heterocycles. The van der Waals surface area contributed by atoms with Crippen LogP contribution in [-0.4, -0.2) is 61.0 Å². The van der Waals surface area contributed by atoms with Crippen molar-refractivity contribution in [2.75, 3.05) is 39.3 Å². The van der Waals surface area contributed by atoms with Gasteiger partial charge in [-0.05, 0) is 37.1 Å². The van der Waals surface area contributed by atoms with Crippen LogP contribution < -0.4 is 10.1 Å². The zero-order chi connectivity index (χ0) is 19.3. The number of halogens is 1. The first-order valence-electron chi connectivity index (χ1n) is 10.2. The highest BCUT2D eigenvalue weighted by atomic mass is 35.5. The Morgan fingerprint density at radius 1 is 1.10 bits per heavy atom. The first kappa shape index (κ1) is 21.6. The van der Waals surface area contributed by atoms with E-state index in [0.29, 0.717) is 18.2 Å². The molecule has 1 N–H and O–H groups in total. The number of hydrogen-bond acceptors (Lipinski definition) is 4. The maximum Gasteiger partial charge on any atom is 0.254 e. The van der Waals surface area contributed by atoms with E-state index in [2.05, 4.69) is 35.3 Å². The van der Waals surface area contributed by atoms with Crippen LogP contribution in [0.15, 0.2) is 48.5 Å². The number of amides is 1. The van der Waals surface area contributed by atoms with Crippen molar-refractivity contribution in [1.82, 2.24) is 15.1 Å². The lowest BCUT2D eigenvalue weighted by atomic mass is 10.1. The highest BCUT2D eigenvalue weighted by Gasteiger charge is 2.31. The van der Waals surface area contributed by atoms with Crippen LogP contribution in [0.25, 0.3) is 0 Å². The van der Waals surface area contributed by atoms with Gasteiger partial charge in [-0.3, -0.25) is 9.69 Å². The topological polar surface area (TPSA) is 44.8 Å². The molecule has 29 heavy (non-hydrogen) atoms. The maximum absolute atomic E-state index is 13.0. The first-order chi connectivity index (χ1) is 13.7. The van der Waals surface area contributed by atoms with Gasteiger partial charge in [0.2, 0.25) is 0 Å². The molecule has 0 saturated carbocycles. The smallest absolute Gasteiger partial charge is 0.254 e. The van der Waals surface area contributed by atoms with Gasteiger partial charge in [-0.15, -0.1) is 12.4 Å². The van der Waals surface area contributed by atoms with Crippen molar-refractivity contribution < 1.29 is 9.53 Å². The van der Waals surface area contributed by atoms with Crippen LogP contribution in [0.3, 0.4) is 0 Å². The average Bonchev–Trinajstić information content (AvgIpc) is 3.23. The zero-order valence-electron chi connectivity index (χ0n) is 17.0. The highest BCUT2D eigenvalue weighted by Crippen LogP contribution is 2.21. The monoisotopic (exact) mass is 415 g/mol. The van der Waals surface area contributed by atoms with Gasteiger partial charge >= 0.3 is 0 Å². The number of nitrogens with zero attached hydrogens (tertiary/aromatic N) is 2. The Bertz CT molecular complexity index is 823. The second kappa shape index (κ2) is 10.1. The van der Waals surface area contributed by atoms with Crippen molar-refractivity contribution in [2.24, 2.45) is 0 Å². The molecule has 4 rings (SSSR count). The molecule has 0 aliphatic carbocycles. The number of piperazine rings is 1. The van der Waals surface area contributed by atoms with Crippen molar-refractivity contribution in [1.29, 1.82) is 0 Å². The summed E-state index contributed by atoms with van der Waals surface area (Å²) in [5, 5.41) is 3.39. The summed E-state index contributed by atoms with van der Waals surface area (Å²) in [6, 6.07) is 16.4. The van der Waals surface area contributed by atoms with Gasteiger partial charge in [0, 0.05) is 50.9 Å². The minimum atomic E-state index is 0. The number of carbonyl (C=O) groups is 1. The molecule has 2 fully saturated rings. The number of hydrogen-bond donors (Lipinski definition) is 1. The van der Waals surface area contributed by atoms with Gasteiger partial charge in [0.25, 0.3) is 5.91 Å². The summed E-state index contributed by atoms with van der Waals surface area (Å²) in [5.74, 6) is 0.851. The average molecular weight is 416 g/mol. The van der Waals surface area contributed by atoms with E-state index >= 15 is 0 Å². The van der Waals surface area contributed by atoms with Gasteiger partial charge in [0.15, 0.2) is 0 Å². The molecule has 156 valence electrons. The van der Waals surface area contributed by atoms with Crippen molar-refractivity contribution in [3.8, 4) is 5.75 Å². The number of benzene rings is 2. The summed E-state index contributed by atoms with van der Waals surface area (Å²) in [6.45, 7) is 8.50. The summed E-state index contributed by atoms with van der Waals surface area (Å²) in [7, 11) is 0. The van der Waals surface area contributed by atoms with Gasteiger partial charge in [-0.1, -0.05) is 35.9 Å². The van der Waals surface area contributed by atoms with E-state index in [1.807, 2.05) is 35.2 Å². The van der Waals surface area contributed by atoms with Gasteiger partial charge < -0.3 is 15.0 Å². The minimum absolute atomic E-state index is 0. The molecule has 0 spiro atoms. The Morgan fingerprint density at radius 2 is 1.90 bits per heavy atom. The summed E-state index contributed by atoms with van der Waals surface area (Å²) >= 11 is 0. The molecule has 2 aromatic carbocycles. The number of aryl methyl sites for hydroxylation is 1. The standard InChI is InChI=1S/C23H29N3O2.ClH/c1-18-4-2-5-19(14-18)17-28-22-7-3-6-20(15-22)23(27)26-11-8-21(16-26)25-12-9-24-10-13-25;/h2-7,14-15,21,24H,8-13,16-17H2,1H3;1H. The van der Waals surface area contributed by atoms with Crippen LogP contribution >= 0.6 is 12.4 Å². The number of likely N-dealkylation sites (tertiary alicyclic amines) is 1. The molecule has 5 nitrogen and oxygen atoms in total. The molecule has 0 aromatic heterocycles. The number of nitrogens with one attached hydrogen (secondary N) is 1. The lowest BCUT2D eigenvalue weighted by Gasteiger charge is -2.32. The zero-order valence-corrected chi connectivity index (χ0v) is 17.8. The fourth-order valence-electron chi connectivity index (χ4n) is 4.14. The Balaban J connectivity index is 0.00000240. The van der Waals surface area contributed by atoms with Crippen molar-refractivity contribution in [2.45, 2.75) is 26.0 Å².